The van der Waals surface area contributed by atoms with E-state index in [1.807, 2.05) is 12.1 Å². The fourth-order valence-electron chi connectivity index (χ4n) is 2.23. The average molecular weight is 215 g/mol. The van der Waals surface area contributed by atoms with Crippen LogP contribution in [0.4, 0.5) is 5.69 Å². The van der Waals surface area contributed by atoms with Gasteiger partial charge in [-0.1, -0.05) is 0 Å². The van der Waals surface area contributed by atoms with Crippen LogP contribution in [-0.2, 0) is 12.8 Å². The Bertz CT molecular complexity index is 577. The summed E-state index contributed by atoms with van der Waals surface area (Å²) in [4.78, 5) is 12.0. The summed E-state index contributed by atoms with van der Waals surface area (Å²) >= 11 is 0. The maximum Gasteiger partial charge on any atom is 0.274 e. The van der Waals surface area contributed by atoms with E-state index in [-0.39, 0.29) is 5.56 Å². The first kappa shape index (κ1) is 9.27. The minimum atomic E-state index is 0.0808. The van der Waals surface area contributed by atoms with E-state index in [0.717, 1.165) is 36.2 Å². The molecule has 0 aliphatic heterocycles. The molecule has 16 heavy (non-hydrogen) atoms. The van der Waals surface area contributed by atoms with Crippen LogP contribution >= 0.6 is 0 Å². The van der Waals surface area contributed by atoms with Crippen LogP contribution in [0.2, 0.25) is 0 Å². The summed E-state index contributed by atoms with van der Waals surface area (Å²) < 4.78 is 1.60. The molecule has 0 spiro atoms. The molecule has 0 amide bonds. The third kappa shape index (κ3) is 1.26. The van der Waals surface area contributed by atoms with E-state index >= 15 is 0 Å². The molecule has 3 N–H and O–H groups in total. The van der Waals surface area contributed by atoms with Crippen molar-refractivity contribution in [3.05, 3.63) is 45.9 Å². The number of hydrogen-bond acceptors (Lipinski definition) is 2. The fraction of sp³-hybridized carbons (Fsp3) is 0.250. The monoisotopic (exact) mass is 215 g/mol. The number of nitrogen functional groups attached to an aromatic ring is 1. The smallest absolute Gasteiger partial charge is 0.274 e. The first-order valence-electron chi connectivity index (χ1n) is 5.44. The van der Waals surface area contributed by atoms with E-state index in [1.54, 1.807) is 16.8 Å². The number of benzene rings is 1. The quantitative estimate of drug-likeness (QED) is 0.703. The minimum absolute atomic E-state index is 0.0808. The third-order valence-electron chi connectivity index (χ3n) is 3.08. The maximum atomic E-state index is 12.0. The van der Waals surface area contributed by atoms with E-state index in [9.17, 15) is 4.79 Å². The lowest BCUT2D eigenvalue weighted by atomic mass is 10.2. The number of aromatic nitrogens is 2. The van der Waals surface area contributed by atoms with Crippen molar-refractivity contribution in [2.75, 3.05) is 5.73 Å². The zero-order valence-corrected chi connectivity index (χ0v) is 8.86. The molecule has 0 saturated heterocycles. The first-order valence-corrected chi connectivity index (χ1v) is 5.44. The Morgan fingerprint density at radius 3 is 2.62 bits per heavy atom. The highest BCUT2D eigenvalue weighted by Gasteiger charge is 2.19. The van der Waals surface area contributed by atoms with Crippen LogP contribution in [0, 0.1) is 0 Å². The Labute approximate surface area is 92.7 Å². The summed E-state index contributed by atoms with van der Waals surface area (Å²) in [5.74, 6) is 0. The molecule has 82 valence electrons. The van der Waals surface area contributed by atoms with E-state index in [0.29, 0.717) is 5.69 Å². The minimum Gasteiger partial charge on any atom is -0.399 e. The van der Waals surface area contributed by atoms with Crippen molar-refractivity contribution >= 4 is 5.69 Å². The van der Waals surface area contributed by atoms with Crippen molar-refractivity contribution in [3.63, 3.8) is 0 Å². The normalized spacial score (nSPS) is 14.0. The van der Waals surface area contributed by atoms with Crippen molar-refractivity contribution < 1.29 is 0 Å². The van der Waals surface area contributed by atoms with Gasteiger partial charge in [-0.2, -0.15) is 0 Å². The highest BCUT2D eigenvalue weighted by Crippen LogP contribution is 2.18. The number of fused-ring (bicyclic) bond motifs is 1. The summed E-state index contributed by atoms with van der Waals surface area (Å²) in [5.41, 5.74) is 9.27. The molecule has 4 nitrogen and oxygen atoms in total. The van der Waals surface area contributed by atoms with E-state index in [4.69, 9.17) is 5.73 Å². The molecule has 0 atom stereocenters. The van der Waals surface area contributed by atoms with Crippen LogP contribution in [0.15, 0.2) is 29.1 Å². The molecule has 1 aromatic heterocycles. The summed E-state index contributed by atoms with van der Waals surface area (Å²) in [5, 5.41) is 3.16. The number of nitrogens with one attached hydrogen (secondary N) is 1. The van der Waals surface area contributed by atoms with Crippen LogP contribution in [0.3, 0.4) is 0 Å². The highest BCUT2D eigenvalue weighted by atomic mass is 16.1. The van der Waals surface area contributed by atoms with Gasteiger partial charge in [-0.05, 0) is 43.5 Å². The van der Waals surface area contributed by atoms with Crippen LogP contribution in [0.5, 0.6) is 0 Å². The number of aryl methyl sites for hydroxylation is 1. The molecule has 0 bridgehead atoms. The molecule has 4 heteroatoms. The van der Waals surface area contributed by atoms with Gasteiger partial charge in [-0.15, -0.1) is 0 Å². The Morgan fingerprint density at radius 1 is 1.19 bits per heavy atom. The topological polar surface area (TPSA) is 63.8 Å². The molecule has 0 unspecified atom stereocenters. The van der Waals surface area contributed by atoms with Gasteiger partial charge in [0, 0.05) is 16.9 Å². The van der Waals surface area contributed by atoms with Gasteiger partial charge < -0.3 is 5.73 Å². The predicted octanol–water partition coefficient (Wildman–Crippen LogP) is 1.24. The van der Waals surface area contributed by atoms with Crippen molar-refractivity contribution in [1.82, 2.24) is 9.78 Å². The lowest BCUT2D eigenvalue weighted by Gasteiger charge is -2.02. The molecule has 0 fully saturated rings. The molecule has 1 heterocycles. The number of hydrogen-bond donors (Lipinski definition) is 2. The molecular formula is C12H13N3O. The lowest BCUT2D eigenvalue weighted by molar-refractivity contribution is 0.780. The molecule has 1 aliphatic rings. The Hall–Kier alpha value is -1.97. The summed E-state index contributed by atoms with van der Waals surface area (Å²) in [6.07, 6.45) is 2.96. The van der Waals surface area contributed by atoms with Gasteiger partial charge in [0.05, 0.1) is 5.69 Å². The predicted molar refractivity (Wildman–Crippen MR) is 62.8 cm³/mol. The molecule has 3 rings (SSSR count). The van der Waals surface area contributed by atoms with Gasteiger partial charge in [-0.25, -0.2) is 4.68 Å². The number of nitrogens with zero attached hydrogens (tertiary/aromatic N) is 1. The van der Waals surface area contributed by atoms with Gasteiger partial charge in [0.2, 0.25) is 0 Å². The number of anilines is 1. The second-order valence-corrected chi connectivity index (χ2v) is 4.15. The molecule has 1 aromatic carbocycles. The van der Waals surface area contributed by atoms with E-state index < -0.39 is 0 Å². The van der Waals surface area contributed by atoms with Crippen molar-refractivity contribution in [2.45, 2.75) is 19.3 Å². The molecule has 0 saturated carbocycles. The molecular weight excluding hydrogens is 202 g/mol. The second kappa shape index (κ2) is 3.27. The Morgan fingerprint density at radius 2 is 1.94 bits per heavy atom. The standard InChI is InChI=1S/C12H13N3O/c13-8-4-6-9(7-5-8)15-12(16)10-2-1-3-11(10)14-15/h4-7,14H,1-3,13H2. The van der Waals surface area contributed by atoms with Gasteiger partial charge in [-0.3, -0.25) is 9.89 Å². The van der Waals surface area contributed by atoms with Crippen LogP contribution in [0.25, 0.3) is 5.69 Å². The van der Waals surface area contributed by atoms with Gasteiger partial charge in [0.15, 0.2) is 0 Å². The number of nitrogens with two attached hydrogens (primary N) is 1. The summed E-state index contributed by atoms with van der Waals surface area (Å²) in [7, 11) is 0. The largest absolute Gasteiger partial charge is 0.399 e. The lowest BCUT2D eigenvalue weighted by Crippen LogP contribution is -2.17. The van der Waals surface area contributed by atoms with Gasteiger partial charge in [0.1, 0.15) is 0 Å². The van der Waals surface area contributed by atoms with E-state index in [2.05, 4.69) is 5.10 Å². The second-order valence-electron chi connectivity index (χ2n) is 4.15. The maximum absolute atomic E-state index is 12.0. The summed E-state index contributed by atoms with van der Waals surface area (Å²) in [6.45, 7) is 0. The number of rotatable bonds is 1. The first-order chi connectivity index (χ1) is 7.75. The fourth-order valence-corrected chi connectivity index (χ4v) is 2.23. The van der Waals surface area contributed by atoms with Crippen molar-refractivity contribution in [2.24, 2.45) is 0 Å². The zero-order valence-electron chi connectivity index (χ0n) is 8.86. The molecule has 0 radical (unpaired) electrons. The van der Waals surface area contributed by atoms with E-state index in [1.165, 1.54) is 0 Å². The van der Waals surface area contributed by atoms with Gasteiger partial charge >= 0.3 is 0 Å². The van der Waals surface area contributed by atoms with Crippen LogP contribution in [-0.4, -0.2) is 9.78 Å². The van der Waals surface area contributed by atoms with Crippen molar-refractivity contribution in [3.8, 4) is 5.69 Å². The van der Waals surface area contributed by atoms with Gasteiger partial charge in [0.25, 0.3) is 5.56 Å². The highest BCUT2D eigenvalue weighted by molar-refractivity contribution is 5.45. The van der Waals surface area contributed by atoms with Crippen molar-refractivity contribution in [1.29, 1.82) is 0 Å². The molecule has 1 aliphatic carbocycles. The SMILES string of the molecule is Nc1ccc(-n2[nH]c3c(c2=O)CCC3)cc1. The number of aromatic amines is 1. The Balaban J connectivity index is 2.14. The Kier molecular flexibility index (Phi) is 1.89. The zero-order chi connectivity index (χ0) is 11.1. The average Bonchev–Trinajstić information content (AvgIpc) is 2.84. The third-order valence-corrected chi connectivity index (χ3v) is 3.08. The van der Waals surface area contributed by atoms with Crippen LogP contribution in [0.1, 0.15) is 17.7 Å². The summed E-state index contributed by atoms with van der Waals surface area (Å²) in [6, 6.07) is 7.30. The molecule has 2 aromatic rings. The van der Waals surface area contributed by atoms with Crippen LogP contribution < -0.4 is 11.3 Å². The number of H-pyrrole nitrogens is 1.